The second kappa shape index (κ2) is 10.4. The Morgan fingerprint density at radius 1 is 0.862 bits per heavy atom. The molecule has 2 aromatic rings. The van der Waals surface area contributed by atoms with E-state index in [4.69, 9.17) is 0 Å². The van der Waals surface area contributed by atoms with Crippen molar-refractivity contribution in [1.82, 2.24) is 4.90 Å². The van der Waals surface area contributed by atoms with E-state index in [2.05, 4.69) is 86.5 Å². The molecular weight excluding hydrogens is 354 g/mol. The van der Waals surface area contributed by atoms with Gasteiger partial charge in [-0.3, -0.25) is 4.90 Å². The van der Waals surface area contributed by atoms with Gasteiger partial charge in [0.15, 0.2) is 0 Å². The summed E-state index contributed by atoms with van der Waals surface area (Å²) in [6, 6.07) is 22.1. The van der Waals surface area contributed by atoms with Gasteiger partial charge in [-0.1, -0.05) is 107 Å². The Hall–Kier alpha value is -1.64. The molecule has 1 fully saturated rings. The summed E-state index contributed by atoms with van der Waals surface area (Å²) in [6.45, 7) is 4.49. The van der Waals surface area contributed by atoms with E-state index in [1.807, 2.05) is 0 Å². The quantitative estimate of drug-likeness (QED) is 0.467. The molecule has 0 saturated carbocycles. The van der Waals surface area contributed by atoms with E-state index in [0.29, 0.717) is 0 Å². The Balaban J connectivity index is 2.02. The number of nitrogens with zero attached hydrogens (tertiary/aromatic N) is 1. The zero-order chi connectivity index (χ0) is 20.7. The van der Waals surface area contributed by atoms with Crippen LogP contribution >= 0.6 is 0 Å². The molecule has 0 amide bonds. The smallest absolute Gasteiger partial charge is 0.0712 e. The molecule has 0 unspecified atom stereocenters. The van der Waals surface area contributed by atoms with Crippen LogP contribution in [0.3, 0.4) is 0 Å². The van der Waals surface area contributed by atoms with Gasteiger partial charge in [-0.05, 0) is 37.4 Å². The third kappa shape index (κ3) is 5.10. The third-order valence-corrected chi connectivity index (χ3v) is 6.96. The van der Waals surface area contributed by atoms with Crippen molar-refractivity contribution in [2.24, 2.45) is 5.92 Å². The van der Waals surface area contributed by atoms with Crippen molar-refractivity contribution in [2.75, 3.05) is 7.05 Å². The number of rotatable bonds is 9. The Morgan fingerprint density at radius 2 is 1.45 bits per heavy atom. The molecule has 2 nitrogen and oxygen atoms in total. The minimum Gasteiger partial charge on any atom is -0.389 e. The molecule has 1 aliphatic heterocycles. The first kappa shape index (κ1) is 22.1. The largest absolute Gasteiger partial charge is 0.389 e. The molecule has 0 spiro atoms. The number of aliphatic hydroxyl groups is 1. The van der Waals surface area contributed by atoms with Gasteiger partial charge in [0.05, 0.1) is 5.60 Å². The second-order valence-electron chi connectivity index (χ2n) is 8.96. The number of piperidine rings is 1. The van der Waals surface area contributed by atoms with Crippen LogP contribution in [0.25, 0.3) is 0 Å². The standard InChI is InChI=1S/C27H39NO/c1-4-6-10-19-24-26(23-17-13-9-14-18-23)28(3)25(22-15-11-8-12-16-22)21-27(24,29)20-7-5-2/h8-9,11-18,24-26,29H,4-7,10,19-21H2,1-3H3/t24-,25-,26+,27-/m1/s1. The van der Waals surface area contributed by atoms with Crippen LogP contribution in [0.15, 0.2) is 60.7 Å². The predicted molar refractivity (Wildman–Crippen MR) is 123 cm³/mol. The topological polar surface area (TPSA) is 23.5 Å². The van der Waals surface area contributed by atoms with Gasteiger partial charge in [-0.2, -0.15) is 0 Å². The first-order chi connectivity index (χ1) is 14.1. The molecule has 1 N–H and O–H groups in total. The summed E-state index contributed by atoms with van der Waals surface area (Å²) in [5, 5.41) is 12.1. The number of hydrogen-bond donors (Lipinski definition) is 1. The van der Waals surface area contributed by atoms with Crippen LogP contribution in [0.2, 0.25) is 0 Å². The van der Waals surface area contributed by atoms with E-state index >= 15 is 0 Å². The lowest BCUT2D eigenvalue weighted by atomic mass is 9.66. The molecule has 29 heavy (non-hydrogen) atoms. The van der Waals surface area contributed by atoms with Gasteiger partial charge < -0.3 is 5.11 Å². The van der Waals surface area contributed by atoms with Crippen molar-refractivity contribution in [2.45, 2.75) is 82.9 Å². The van der Waals surface area contributed by atoms with Gasteiger partial charge in [-0.25, -0.2) is 0 Å². The lowest BCUT2D eigenvalue weighted by Crippen LogP contribution is -2.53. The number of unbranched alkanes of at least 4 members (excludes halogenated alkanes) is 3. The van der Waals surface area contributed by atoms with Crippen LogP contribution in [-0.4, -0.2) is 22.7 Å². The van der Waals surface area contributed by atoms with E-state index in [0.717, 1.165) is 32.1 Å². The second-order valence-corrected chi connectivity index (χ2v) is 8.96. The highest BCUT2D eigenvalue weighted by atomic mass is 16.3. The molecule has 158 valence electrons. The fourth-order valence-corrected chi connectivity index (χ4v) is 5.36. The monoisotopic (exact) mass is 393 g/mol. The summed E-state index contributed by atoms with van der Waals surface area (Å²) < 4.78 is 0. The first-order valence-corrected chi connectivity index (χ1v) is 11.6. The van der Waals surface area contributed by atoms with E-state index in [-0.39, 0.29) is 18.0 Å². The molecule has 3 rings (SSSR count). The Kier molecular flexibility index (Phi) is 7.91. The van der Waals surface area contributed by atoms with Crippen molar-refractivity contribution in [3.05, 3.63) is 71.8 Å². The van der Waals surface area contributed by atoms with Crippen LogP contribution in [0.4, 0.5) is 0 Å². The molecule has 0 radical (unpaired) electrons. The van der Waals surface area contributed by atoms with E-state index < -0.39 is 5.60 Å². The van der Waals surface area contributed by atoms with Crippen LogP contribution < -0.4 is 0 Å². The Morgan fingerprint density at radius 3 is 2.03 bits per heavy atom. The maximum atomic E-state index is 12.1. The molecule has 2 heteroatoms. The third-order valence-electron chi connectivity index (χ3n) is 6.96. The summed E-state index contributed by atoms with van der Waals surface area (Å²) in [6.07, 6.45) is 8.71. The molecule has 1 saturated heterocycles. The normalized spacial score (nSPS) is 27.8. The van der Waals surface area contributed by atoms with Gasteiger partial charge in [-0.15, -0.1) is 0 Å². The zero-order valence-electron chi connectivity index (χ0n) is 18.6. The zero-order valence-corrected chi connectivity index (χ0v) is 18.6. The summed E-state index contributed by atoms with van der Waals surface area (Å²) in [7, 11) is 2.27. The van der Waals surface area contributed by atoms with Crippen LogP contribution in [0.5, 0.6) is 0 Å². The highest BCUT2D eigenvalue weighted by Gasteiger charge is 2.50. The first-order valence-electron chi connectivity index (χ1n) is 11.6. The molecular formula is C27H39NO. The Labute approximate surface area is 178 Å². The van der Waals surface area contributed by atoms with Gasteiger partial charge in [0, 0.05) is 18.0 Å². The summed E-state index contributed by atoms with van der Waals surface area (Å²) in [5.74, 6) is 0.271. The van der Waals surface area contributed by atoms with Crippen LogP contribution in [0, 0.1) is 5.92 Å². The van der Waals surface area contributed by atoms with Gasteiger partial charge in [0.2, 0.25) is 0 Å². The molecule has 1 heterocycles. The molecule has 1 aliphatic rings. The molecule has 0 aromatic heterocycles. The number of benzene rings is 2. The van der Waals surface area contributed by atoms with Crippen molar-refractivity contribution in [3.63, 3.8) is 0 Å². The summed E-state index contributed by atoms with van der Waals surface area (Å²) in [4.78, 5) is 2.54. The fourth-order valence-electron chi connectivity index (χ4n) is 5.36. The SMILES string of the molecule is CCCCC[C@@H]1[C@H](c2ccccc2)N(C)[C@@H](c2ccccc2)C[C@]1(O)CCCC. The molecule has 4 atom stereocenters. The predicted octanol–water partition coefficient (Wildman–Crippen LogP) is 6.92. The van der Waals surface area contributed by atoms with Gasteiger partial charge in [0.1, 0.15) is 0 Å². The lowest BCUT2D eigenvalue weighted by molar-refractivity contribution is -0.129. The lowest BCUT2D eigenvalue weighted by Gasteiger charge is -2.54. The van der Waals surface area contributed by atoms with E-state index in [9.17, 15) is 5.11 Å². The number of hydrogen-bond acceptors (Lipinski definition) is 2. The van der Waals surface area contributed by atoms with Crippen LogP contribution in [0.1, 0.15) is 88.4 Å². The van der Waals surface area contributed by atoms with Gasteiger partial charge >= 0.3 is 0 Å². The Bertz CT molecular complexity index is 716. The highest BCUT2D eigenvalue weighted by molar-refractivity contribution is 5.27. The molecule has 2 aromatic carbocycles. The highest BCUT2D eigenvalue weighted by Crippen LogP contribution is 2.52. The summed E-state index contributed by atoms with van der Waals surface area (Å²) >= 11 is 0. The van der Waals surface area contributed by atoms with Crippen LogP contribution in [-0.2, 0) is 0 Å². The minimum absolute atomic E-state index is 0.241. The van der Waals surface area contributed by atoms with Crippen molar-refractivity contribution in [3.8, 4) is 0 Å². The average Bonchev–Trinajstić information content (AvgIpc) is 2.76. The fraction of sp³-hybridized carbons (Fsp3) is 0.556. The number of likely N-dealkylation sites (tertiary alicyclic amines) is 1. The molecule has 0 bridgehead atoms. The maximum absolute atomic E-state index is 12.1. The average molecular weight is 394 g/mol. The summed E-state index contributed by atoms with van der Waals surface area (Å²) in [5.41, 5.74) is 2.04. The minimum atomic E-state index is -0.614. The van der Waals surface area contributed by atoms with Crippen molar-refractivity contribution >= 4 is 0 Å². The van der Waals surface area contributed by atoms with Gasteiger partial charge in [0.25, 0.3) is 0 Å². The van der Waals surface area contributed by atoms with E-state index in [1.54, 1.807) is 0 Å². The molecule has 0 aliphatic carbocycles. The van der Waals surface area contributed by atoms with Crippen molar-refractivity contribution < 1.29 is 5.11 Å². The van der Waals surface area contributed by atoms with E-state index in [1.165, 1.54) is 30.4 Å². The van der Waals surface area contributed by atoms with Crippen molar-refractivity contribution in [1.29, 1.82) is 0 Å². The maximum Gasteiger partial charge on any atom is 0.0712 e.